The number of hydrogen-bond acceptors (Lipinski definition) is 9. The number of phosphoric acid groups is 1. The second kappa shape index (κ2) is 8.05. The number of hydrogen-bond donors (Lipinski definition) is 3. The van der Waals surface area contributed by atoms with E-state index in [-0.39, 0.29) is 12.4 Å². The number of halogens is 2. The number of nitrogens with zero attached hydrogens (tertiary/aromatic N) is 1. The summed E-state index contributed by atoms with van der Waals surface area (Å²) in [6, 6.07) is 4.90. The van der Waals surface area contributed by atoms with Gasteiger partial charge in [-0.25, -0.2) is 8.96 Å². The number of aromatic amines is 1. The molecule has 0 radical (unpaired) electrons. The van der Waals surface area contributed by atoms with Gasteiger partial charge < -0.3 is 19.5 Å². The number of nitrogens with one attached hydrogen (secondary N) is 1. The molecule has 0 saturated carbocycles. The number of aromatic nitrogens is 2. The van der Waals surface area contributed by atoms with Crippen LogP contribution in [0.4, 0.5) is 4.39 Å². The molecule has 14 heteroatoms. The van der Waals surface area contributed by atoms with E-state index in [9.17, 15) is 19.6 Å². The van der Waals surface area contributed by atoms with Crippen molar-refractivity contribution in [1.29, 1.82) is 0 Å². The van der Waals surface area contributed by atoms with Crippen molar-refractivity contribution in [1.82, 2.24) is 9.55 Å². The third-order valence-electron chi connectivity index (χ3n) is 4.49. The molecule has 4 rings (SSSR count). The molecule has 1 aromatic heterocycles. The van der Waals surface area contributed by atoms with Crippen LogP contribution in [0.15, 0.2) is 29.2 Å². The molecular formula is C17H17ClFN2O8PS. The number of ether oxygens (including phenoxy) is 1. The lowest BCUT2D eigenvalue weighted by Gasteiger charge is -2.29. The average molecular weight is 498 g/mol. The summed E-state index contributed by atoms with van der Waals surface area (Å²) in [7, 11) is -4.82. The molecule has 0 spiro atoms. The first-order chi connectivity index (χ1) is 15.6. The lowest BCUT2D eigenvalue weighted by atomic mass is 10.1. The molecule has 3 heterocycles. The highest BCUT2D eigenvalue weighted by Crippen LogP contribution is 2.56. The number of H-pyrrole nitrogens is 1. The number of aliphatic hydroxyl groups excluding tert-OH is 2. The van der Waals surface area contributed by atoms with Crippen molar-refractivity contribution in [3.05, 3.63) is 55.7 Å². The third-order valence-corrected chi connectivity index (χ3v) is 6.23. The Morgan fingerprint density at radius 2 is 2.32 bits per heavy atom. The first-order valence-corrected chi connectivity index (χ1v) is 10.9. The molecule has 0 aliphatic carbocycles. The Balaban J connectivity index is 1.69. The van der Waals surface area contributed by atoms with Crippen molar-refractivity contribution in [3.63, 3.8) is 0 Å². The van der Waals surface area contributed by atoms with E-state index in [2.05, 4.69) is 4.98 Å². The van der Waals surface area contributed by atoms with Crippen LogP contribution in [0.3, 0.4) is 0 Å². The zero-order chi connectivity index (χ0) is 25.3. The normalized spacial score (nSPS) is 36.7. The van der Waals surface area contributed by atoms with Gasteiger partial charge in [0.1, 0.15) is 29.5 Å². The van der Waals surface area contributed by atoms with E-state index >= 15 is 4.39 Å². The number of aliphatic hydroxyl groups is 2. The molecule has 2 aliphatic rings. The average Bonchev–Trinajstić information content (AvgIpc) is 2.93. The van der Waals surface area contributed by atoms with E-state index in [0.29, 0.717) is 15.7 Å². The summed E-state index contributed by atoms with van der Waals surface area (Å²) in [5.41, 5.74) is 0.139. The fourth-order valence-corrected chi connectivity index (χ4v) is 4.44. The van der Waals surface area contributed by atoms with Crippen LogP contribution in [-0.4, -0.2) is 44.4 Å². The summed E-state index contributed by atoms with van der Waals surface area (Å²) >= 11 is 10.6. The van der Waals surface area contributed by atoms with E-state index in [1.54, 1.807) is 25.1 Å². The topological polar surface area (TPSA) is 132 Å². The Morgan fingerprint density at radius 3 is 3.06 bits per heavy atom. The van der Waals surface area contributed by atoms with Crippen LogP contribution in [0.25, 0.3) is 0 Å². The van der Waals surface area contributed by atoms with Gasteiger partial charge in [-0.15, -0.1) is 0 Å². The van der Waals surface area contributed by atoms with Gasteiger partial charge in [0, 0.05) is 11.8 Å². The summed E-state index contributed by atoms with van der Waals surface area (Å²) in [5.74, 6) is -3.92. The highest BCUT2D eigenvalue weighted by atomic mass is 35.5. The Hall–Kier alpha value is -1.63. The summed E-state index contributed by atoms with van der Waals surface area (Å²) in [6.45, 7) is -2.50. The SMILES string of the molecule is [2H]C([2H])(OP1(=O)OCc2cccc(C)c2O1)[C@@]1(F)O[C@@]([2H])(n2cc(Cl)c(=O)[nH]c2=S)[C@H](O)[C@@H]1O. The fraction of sp³-hybridized carbons (Fsp3) is 0.412. The molecule has 0 amide bonds. The van der Waals surface area contributed by atoms with Gasteiger partial charge in [0.2, 0.25) is 0 Å². The second-order valence-corrected chi connectivity index (χ2v) is 8.96. The molecule has 1 saturated heterocycles. The zero-order valence-electron chi connectivity index (χ0n) is 18.6. The number of para-hydroxylation sites is 1. The molecule has 1 fully saturated rings. The minimum Gasteiger partial charge on any atom is -0.403 e. The molecule has 2 aromatic rings. The van der Waals surface area contributed by atoms with Crippen molar-refractivity contribution in [2.45, 2.75) is 37.8 Å². The van der Waals surface area contributed by atoms with E-state index < -0.39 is 54.0 Å². The maximum atomic E-state index is 15.9. The molecule has 1 unspecified atom stereocenters. The van der Waals surface area contributed by atoms with E-state index in [0.717, 1.165) is 6.20 Å². The molecule has 31 heavy (non-hydrogen) atoms. The van der Waals surface area contributed by atoms with Crippen LogP contribution in [0.2, 0.25) is 5.02 Å². The van der Waals surface area contributed by atoms with E-state index in [1.807, 2.05) is 0 Å². The number of alkyl halides is 1. The number of aryl methyl sites for hydroxylation is 1. The monoisotopic (exact) mass is 497 g/mol. The largest absolute Gasteiger partial charge is 0.530 e. The van der Waals surface area contributed by atoms with E-state index in [1.165, 1.54) is 0 Å². The van der Waals surface area contributed by atoms with Crippen molar-refractivity contribution in [3.8, 4) is 5.75 Å². The highest BCUT2D eigenvalue weighted by molar-refractivity contribution is 7.71. The van der Waals surface area contributed by atoms with Gasteiger partial charge in [0.15, 0.2) is 11.0 Å². The second-order valence-electron chi connectivity index (χ2n) is 6.65. The molecule has 1 aromatic carbocycles. The Kier molecular flexibility index (Phi) is 4.91. The summed E-state index contributed by atoms with van der Waals surface area (Å²) in [4.78, 5) is 13.7. The van der Waals surface area contributed by atoms with Gasteiger partial charge in [-0.2, -0.15) is 0 Å². The lowest BCUT2D eigenvalue weighted by molar-refractivity contribution is -0.205. The quantitative estimate of drug-likeness (QED) is 0.430. The fourth-order valence-electron chi connectivity index (χ4n) is 2.90. The van der Waals surface area contributed by atoms with Gasteiger partial charge in [-0.05, 0) is 24.7 Å². The number of benzene rings is 1. The van der Waals surface area contributed by atoms with Crippen molar-refractivity contribution in [2.75, 3.05) is 6.56 Å². The maximum absolute atomic E-state index is 15.9. The molecule has 5 atom stereocenters. The van der Waals surface area contributed by atoms with Gasteiger partial charge in [0.05, 0.1) is 10.7 Å². The summed E-state index contributed by atoms with van der Waals surface area (Å²) in [6.07, 6.45) is -7.54. The number of phosphoric ester groups is 1. The van der Waals surface area contributed by atoms with Crippen LogP contribution >= 0.6 is 31.6 Å². The minimum atomic E-state index is -4.82. The van der Waals surface area contributed by atoms with Crippen molar-refractivity contribution >= 4 is 31.6 Å². The Labute approximate surface area is 188 Å². The summed E-state index contributed by atoms with van der Waals surface area (Å²) in [5, 5.41) is 20.3. The third kappa shape index (κ3) is 4.10. The smallest absolute Gasteiger partial charge is 0.403 e. The maximum Gasteiger partial charge on any atom is 0.530 e. The van der Waals surface area contributed by atoms with Crippen LogP contribution in [0.5, 0.6) is 5.75 Å². The van der Waals surface area contributed by atoms with Gasteiger partial charge >= 0.3 is 7.82 Å². The number of fused-ring (bicyclic) bond motifs is 1. The first kappa shape index (κ1) is 18.9. The molecule has 0 bridgehead atoms. The van der Waals surface area contributed by atoms with Gasteiger partial charge in [-0.1, -0.05) is 29.8 Å². The van der Waals surface area contributed by atoms with Gasteiger partial charge in [-0.3, -0.25) is 23.4 Å². The molecular weight excluding hydrogens is 478 g/mol. The van der Waals surface area contributed by atoms with Crippen LogP contribution in [0.1, 0.15) is 21.4 Å². The molecule has 168 valence electrons. The van der Waals surface area contributed by atoms with E-state index in [4.69, 9.17) is 46.2 Å². The highest BCUT2D eigenvalue weighted by Gasteiger charge is 2.57. The van der Waals surface area contributed by atoms with Crippen LogP contribution < -0.4 is 10.1 Å². The number of rotatable bonds is 4. The Bertz CT molecular complexity index is 1330. The molecule has 2 aliphatic heterocycles. The van der Waals surface area contributed by atoms with Crippen molar-refractivity contribution < 1.29 is 41.6 Å². The minimum absolute atomic E-state index is 0.0812. The Morgan fingerprint density at radius 1 is 1.58 bits per heavy atom. The zero-order valence-corrected chi connectivity index (χ0v) is 18.0. The summed E-state index contributed by atoms with van der Waals surface area (Å²) < 4.78 is 73.2. The predicted octanol–water partition coefficient (Wildman–Crippen LogP) is 2.52. The first-order valence-electron chi connectivity index (χ1n) is 10.1. The standard InChI is InChI=1S/C17H17ClFN2O8PS/c1-8-3-2-4-9-6-26-30(25,29-12(8)9)27-7-17(19)13(23)11(22)15(28-17)21-5-10(18)14(24)20-16(21)31/h2-5,11,13,15,22-23H,6-7H2,1H3,(H,20,24,31)/t11-,13+,15-,17-,30?/m1/s1/i7D2,15D. The van der Waals surface area contributed by atoms with Crippen molar-refractivity contribution in [2.24, 2.45) is 0 Å². The molecule has 10 nitrogen and oxygen atoms in total. The lowest BCUT2D eigenvalue weighted by Crippen LogP contribution is -2.43. The van der Waals surface area contributed by atoms with Crippen LogP contribution in [0, 0.1) is 11.7 Å². The van der Waals surface area contributed by atoms with Crippen LogP contribution in [-0.2, 0) is 25.0 Å². The van der Waals surface area contributed by atoms with Gasteiger partial charge in [0.25, 0.3) is 11.4 Å². The predicted molar refractivity (Wildman–Crippen MR) is 107 cm³/mol. The molecule has 3 N–H and O–H groups in total.